The van der Waals surface area contributed by atoms with Crippen LogP contribution < -0.4 is 5.32 Å². The highest BCUT2D eigenvalue weighted by Gasteiger charge is 2.06. The highest BCUT2D eigenvalue weighted by molar-refractivity contribution is 5.53. The highest BCUT2D eigenvalue weighted by atomic mass is 14.9. The van der Waals surface area contributed by atoms with Crippen LogP contribution in [-0.2, 0) is 6.54 Å². The third-order valence-electron chi connectivity index (χ3n) is 3.77. The van der Waals surface area contributed by atoms with Crippen LogP contribution in [0.4, 0.5) is 5.69 Å². The van der Waals surface area contributed by atoms with E-state index in [1.807, 2.05) is 0 Å². The number of hydrogen-bond acceptors (Lipinski definition) is 1. The highest BCUT2D eigenvalue weighted by Crippen LogP contribution is 2.24. The van der Waals surface area contributed by atoms with E-state index < -0.39 is 0 Å². The molecule has 0 aromatic heterocycles. The predicted molar refractivity (Wildman–Crippen MR) is 83.8 cm³/mol. The molecule has 2 aromatic carbocycles. The van der Waals surface area contributed by atoms with Crippen molar-refractivity contribution >= 4 is 5.69 Å². The van der Waals surface area contributed by atoms with Gasteiger partial charge in [-0.3, -0.25) is 0 Å². The summed E-state index contributed by atoms with van der Waals surface area (Å²) < 4.78 is 0. The standard InChI is InChI=1S/C18H23N/c1-13(2)17-10-5-6-11-18(17)19-12-16-9-7-8-14(3)15(16)4/h5-11,13,19H,12H2,1-4H3. The summed E-state index contributed by atoms with van der Waals surface area (Å²) in [4.78, 5) is 0. The van der Waals surface area contributed by atoms with Crippen molar-refractivity contribution in [3.05, 3.63) is 64.7 Å². The normalized spacial score (nSPS) is 10.8. The van der Waals surface area contributed by atoms with E-state index in [0.717, 1.165) is 6.54 Å². The summed E-state index contributed by atoms with van der Waals surface area (Å²) in [5.41, 5.74) is 6.75. The van der Waals surface area contributed by atoms with E-state index in [0.29, 0.717) is 5.92 Å². The van der Waals surface area contributed by atoms with E-state index in [9.17, 15) is 0 Å². The van der Waals surface area contributed by atoms with Gasteiger partial charge in [0.25, 0.3) is 0 Å². The average Bonchev–Trinajstić information content (AvgIpc) is 2.40. The molecule has 0 spiro atoms. The van der Waals surface area contributed by atoms with E-state index in [-0.39, 0.29) is 0 Å². The summed E-state index contributed by atoms with van der Waals surface area (Å²) in [6.45, 7) is 9.72. The minimum absolute atomic E-state index is 0.544. The Morgan fingerprint density at radius 2 is 1.68 bits per heavy atom. The van der Waals surface area contributed by atoms with Crippen LogP contribution in [0.5, 0.6) is 0 Å². The van der Waals surface area contributed by atoms with Crippen LogP contribution in [0.3, 0.4) is 0 Å². The molecule has 2 rings (SSSR count). The lowest BCUT2D eigenvalue weighted by Crippen LogP contribution is -2.05. The van der Waals surface area contributed by atoms with Gasteiger partial charge in [0.2, 0.25) is 0 Å². The number of aryl methyl sites for hydroxylation is 1. The van der Waals surface area contributed by atoms with E-state index in [1.165, 1.54) is 27.9 Å². The van der Waals surface area contributed by atoms with Crippen molar-refractivity contribution in [1.82, 2.24) is 0 Å². The molecule has 19 heavy (non-hydrogen) atoms. The Bertz CT molecular complexity index is 555. The first kappa shape index (κ1) is 13.7. The Morgan fingerprint density at radius 3 is 2.42 bits per heavy atom. The fourth-order valence-corrected chi connectivity index (χ4v) is 2.36. The number of nitrogens with one attached hydrogen (secondary N) is 1. The van der Waals surface area contributed by atoms with E-state index >= 15 is 0 Å². The van der Waals surface area contributed by atoms with Crippen LogP contribution in [0.2, 0.25) is 0 Å². The summed E-state index contributed by atoms with van der Waals surface area (Å²) in [5.74, 6) is 0.544. The fraction of sp³-hybridized carbons (Fsp3) is 0.333. The van der Waals surface area contributed by atoms with Crippen molar-refractivity contribution < 1.29 is 0 Å². The quantitative estimate of drug-likeness (QED) is 0.805. The topological polar surface area (TPSA) is 12.0 Å². The van der Waals surface area contributed by atoms with Crippen molar-refractivity contribution in [2.75, 3.05) is 5.32 Å². The third-order valence-corrected chi connectivity index (χ3v) is 3.77. The number of benzene rings is 2. The summed E-state index contributed by atoms with van der Waals surface area (Å²) in [7, 11) is 0. The molecule has 0 radical (unpaired) electrons. The first-order chi connectivity index (χ1) is 9.09. The molecule has 0 unspecified atom stereocenters. The molecule has 0 heterocycles. The SMILES string of the molecule is Cc1cccc(CNc2ccccc2C(C)C)c1C. The molecule has 1 N–H and O–H groups in total. The molecule has 100 valence electrons. The van der Waals surface area contributed by atoms with Crippen molar-refractivity contribution in [2.45, 2.75) is 40.2 Å². The third kappa shape index (κ3) is 3.17. The first-order valence-electron chi connectivity index (χ1n) is 6.97. The van der Waals surface area contributed by atoms with Gasteiger partial charge in [-0.1, -0.05) is 50.2 Å². The predicted octanol–water partition coefficient (Wildman–Crippen LogP) is 5.04. The molecule has 0 aliphatic heterocycles. The number of hydrogen-bond donors (Lipinski definition) is 1. The number of anilines is 1. The van der Waals surface area contributed by atoms with Crippen LogP contribution in [0.25, 0.3) is 0 Å². The van der Waals surface area contributed by atoms with Gasteiger partial charge in [0.15, 0.2) is 0 Å². The van der Waals surface area contributed by atoms with E-state index in [4.69, 9.17) is 0 Å². The van der Waals surface area contributed by atoms with E-state index in [2.05, 4.69) is 75.5 Å². The molecule has 1 nitrogen and oxygen atoms in total. The minimum atomic E-state index is 0.544. The molecular weight excluding hydrogens is 230 g/mol. The molecule has 0 aliphatic carbocycles. The van der Waals surface area contributed by atoms with Gasteiger partial charge in [0.1, 0.15) is 0 Å². The number of rotatable bonds is 4. The van der Waals surface area contributed by atoms with Gasteiger partial charge in [0, 0.05) is 12.2 Å². The Morgan fingerprint density at radius 1 is 0.947 bits per heavy atom. The first-order valence-corrected chi connectivity index (χ1v) is 6.97. The molecule has 0 saturated carbocycles. The maximum absolute atomic E-state index is 3.58. The molecular formula is C18H23N. The van der Waals surface area contributed by atoms with Gasteiger partial charge in [0.05, 0.1) is 0 Å². The van der Waals surface area contributed by atoms with Gasteiger partial charge in [-0.05, 0) is 48.1 Å². The van der Waals surface area contributed by atoms with E-state index in [1.54, 1.807) is 0 Å². The van der Waals surface area contributed by atoms with Crippen molar-refractivity contribution in [1.29, 1.82) is 0 Å². The van der Waals surface area contributed by atoms with Crippen LogP contribution in [-0.4, -0.2) is 0 Å². The second-order valence-electron chi connectivity index (χ2n) is 5.45. The molecule has 0 fully saturated rings. The lowest BCUT2D eigenvalue weighted by atomic mass is 10.0. The summed E-state index contributed by atoms with van der Waals surface area (Å²) in [6, 6.07) is 15.1. The molecule has 0 aliphatic rings. The maximum atomic E-state index is 3.58. The van der Waals surface area contributed by atoms with Gasteiger partial charge >= 0.3 is 0 Å². The van der Waals surface area contributed by atoms with Crippen LogP contribution in [0.15, 0.2) is 42.5 Å². The maximum Gasteiger partial charge on any atom is 0.0403 e. The monoisotopic (exact) mass is 253 g/mol. The number of para-hydroxylation sites is 1. The Balaban J connectivity index is 2.17. The average molecular weight is 253 g/mol. The second kappa shape index (κ2) is 5.92. The van der Waals surface area contributed by atoms with Gasteiger partial charge in [-0.15, -0.1) is 0 Å². The Hall–Kier alpha value is -1.76. The molecule has 0 saturated heterocycles. The minimum Gasteiger partial charge on any atom is -0.381 e. The Labute approximate surface area is 116 Å². The summed E-state index contributed by atoms with van der Waals surface area (Å²) >= 11 is 0. The van der Waals surface area contributed by atoms with Crippen LogP contribution in [0.1, 0.15) is 42.0 Å². The molecule has 1 heteroatoms. The second-order valence-corrected chi connectivity index (χ2v) is 5.45. The zero-order valence-electron chi connectivity index (χ0n) is 12.3. The van der Waals surface area contributed by atoms with Crippen molar-refractivity contribution in [2.24, 2.45) is 0 Å². The van der Waals surface area contributed by atoms with Crippen molar-refractivity contribution in [3.8, 4) is 0 Å². The molecule has 2 aromatic rings. The van der Waals surface area contributed by atoms with Crippen molar-refractivity contribution in [3.63, 3.8) is 0 Å². The lowest BCUT2D eigenvalue weighted by Gasteiger charge is -2.16. The zero-order chi connectivity index (χ0) is 13.8. The molecule has 0 bridgehead atoms. The zero-order valence-corrected chi connectivity index (χ0v) is 12.3. The summed E-state index contributed by atoms with van der Waals surface area (Å²) in [6.07, 6.45) is 0. The van der Waals surface area contributed by atoms with Crippen LogP contribution >= 0.6 is 0 Å². The fourth-order valence-electron chi connectivity index (χ4n) is 2.36. The summed E-state index contributed by atoms with van der Waals surface area (Å²) in [5, 5.41) is 3.58. The van der Waals surface area contributed by atoms with Gasteiger partial charge in [-0.25, -0.2) is 0 Å². The van der Waals surface area contributed by atoms with Gasteiger partial charge in [-0.2, -0.15) is 0 Å². The molecule has 0 atom stereocenters. The van der Waals surface area contributed by atoms with Crippen LogP contribution in [0, 0.1) is 13.8 Å². The van der Waals surface area contributed by atoms with Gasteiger partial charge < -0.3 is 5.32 Å². The Kier molecular flexibility index (Phi) is 4.26. The smallest absolute Gasteiger partial charge is 0.0403 e. The lowest BCUT2D eigenvalue weighted by molar-refractivity contribution is 0.865. The largest absolute Gasteiger partial charge is 0.381 e. The molecule has 0 amide bonds.